The molecule has 2 heterocycles. The quantitative estimate of drug-likeness (QED) is 0.429. The summed E-state index contributed by atoms with van der Waals surface area (Å²) < 4.78 is 15.3. The van der Waals surface area contributed by atoms with E-state index in [1.807, 2.05) is 22.8 Å². The van der Waals surface area contributed by atoms with Gasteiger partial charge in [-0.25, -0.2) is 9.37 Å². The largest absolute Gasteiger partial charge is 0.300 e. The molecule has 0 amide bonds. The van der Waals surface area contributed by atoms with E-state index in [4.69, 9.17) is 4.98 Å². The van der Waals surface area contributed by atoms with Gasteiger partial charge < -0.3 is 4.90 Å². The summed E-state index contributed by atoms with van der Waals surface area (Å²) in [5, 5.41) is 0.633. The van der Waals surface area contributed by atoms with Crippen LogP contribution in [0.1, 0.15) is 65.1 Å². The molecule has 176 valence electrons. The van der Waals surface area contributed by atoms with Gasteiger partial charge in [0.15, 0.2) is 0 Å². The number of hydrogen-bond acceptors (Lipinski definition) is 3. The van der Waals surface area contributed by atoms with E-state index in [9.17, 15) is 9.18 Å². The Morgan fingerprint density at radius 1 is 1.06 bits per heavy atom. The molecule has 0 radical (unpaired) electrons. The van der Waals surface area contributed by atoms with E-state index in [0.717, 1.165) is 42.0 Å². The lowest BCUT2D eigenvalue weighted by Gasteiger charge is -2.38. The average molecular weight is 450 g/mol. The van der Waals surface area contributed by atoms with Crippen molar-refractivity contribution in [3.05, 3.63) is 64.5 Å². The summed E-state index contributed by atoms with van der Waals surface area (Å²) in [6.45, 7) is 11.7. The topological polar surface area (TPSA) is 38.1 Å². The molecule has 33 heavy (non-hydrogen) atoms. The summed E-state index contributed by atoms with van der Waals surface area (Å²) in [5.41, 5.74) is 2.56. The first kappa shape index (κ1) is 23.6. The minimum atomic E-state index is -0.264. The molecule has 2 aromatic carbocycles. The van der Waals surface area contributed by atoms with Crippen molar-refractivity contribution in [2.24, 2.45) is 5.92 Å². The zero-order chi connectivity index (χ0) is 23.5. The fourth-order valence-corrected chi connectivity index (χ4v) is 5.32. The molecule has 4 rings (SSSR count). The van der Waals surface area contributed by atoms with Crippen molar-refractivity contribution in [1.82, 2.24) is 14.5 Å². The lowest BCUT2D eigenvalue weighted by molar-refractivity contribution is 0.108. The van der Waals surface area contributed by atoms with Gasteiger partial charge in [0.25, 0.3) is 5.56 Å². The summed E-state index contributed by atoms with van der Waals surface area (Å²) in [7, 11) is 0. The Morgan fingerprint density at radius 3 is 2.42 bits per heavy atom. The normalized spacial score (nSPS) is 17.4. The van der Waals surface area contributed by atoms with Crippen LogP contribution in [-0.4, -0.2) is 33.6 Å². The van der Waals surface area contributed by atoms with E-state index < -0.39 is 0 Å². The molecule has 1 aromatic heterocycles. The van der Waals surface area contributed by atoms with Crippen molar-refractivity contribution in [2.75, 3.05) is 13.1 Å². The first-order valence-corrected chi connectivity index (χ1v) is 12.5. The van der Waals surface area contributed by atoms with E-state index in [1.165, 1.54) is 31.4 Å². The van der Waals surface area contributed by atoms with Crippen LogP contribution in [0.3, 0.4) is 0 Å². The van der Waals surface area contributed by atoms with E-state index in [2.05, 4.69) is 32.6 Å². The number of benzene rings is 2. The molecule has 0 saturated carbocycles. The summed E-state index contributed by atoms with van der Waals surface area (Å²) in [4.78, 5) is 21.3. The first-order valence-electron chi connectivity index (χ1n) is 12.5. The molecule has 1 aliphatic heterocycles. The van der Waals surface area contributed by atoms with Gasteiger partial charge in [-0.1, -0.05) is 45.9 Å². The van der Waals surface area contributed by atoms with Crippen LogP contribution >= 0.6 is 0 Å². The Kier molecular flexibility index (Phi) is 7.28. The van der Waals surface area contributed by atoms with Gasteiger partial charge in [0.2, 0.25) is 0 Å². The highest BCUT2D eigenvalue weighted by atomic mass is 19.1. The number of halogens is 1. The summed E-state index contributed by atoms with van der Waals surface area (Å²) in [6.07, 6.45) is 4.67. The third kappa shape index (κ3) is 5.03. The number of aromatic nitrogens is 2. The van der Waals surface area contributed by atoms with E-state index >= 15 is 0 Å². The second-order valence-corrected chi connectivity index (χ2v) is 9.75. The number of rotatable bonds is 7. The van der Waals surface area contributed by atoms with Gasteiger partial charge in [0, 0.05) is 25.0 Å². The predicted molar refractivity (Wildman–Crippen MR) is 134 cm³/mol. The minimum Gasteiger partial charge on any atom is -0.300 e. The smallest absolute Gasteiger partial charge is 0.261 e. The van der Waals surface area contributed by atoms with E-state index in [-0.39, 0.29) is 17.3 Å². The minimum absolute atomic E-state index is 0.0346. The highest BCUT2D eigenvalue weighted by molar-refractivity contribution is 5.83. The molecule has 0 aliphatic carbocycles. The highest BCUT2D eigenvalue weighted by Crippen LogP contribution is 2.26. The average Bonchev–Trinajstić information content (AvgIpc) is 2.82. The van der Waals surface area contributed by atoms with Gasteiger partial charge in [-0.15, -0.1) is 0 Å². The standard InChI is InChI=1S/C28H36FN3O/c1-5-24(6-2)31-15-7-8-20(17-31)18-32-27(19(3)4)30-26-14-11-22(16-25(26)28(32)33)21-9-12-23(29)13-10-21/h9-14,16,19-20,24H,5-8,15,17-18H2,1-4H3. The maximum Gasteiger partial charge on any atom is 0.261 e. The summed E-state index contributed by atoms with van der Waals surface area (Å²) >= 11 is 0. The summed E-state index contributed by atoms with van der Waals surface area (Å²) in [6, 6.07) is 12.8. The van der Waals surface area contributed by atoms with Crippen LogP contribution in [0.4, 0.5) is 4.39 Å². The lowest BCUT2D eigenvalue weighted by Crippen LogP contribution is -2.44. The van der Waals surface area contributed by atoms with Crippen LogP contribution in [-0.2, 0) is 6.54 Å². The highest BCUT2D eigenvalue weighted by Gasteiger charge is 2.26. The molecule has 3 aromatic rings. The van der Waals surface area contributed by atoms with Crippen molar-refractivity contribution in [2.45, 2.75) is 71.9 Å². The van der Waals surface area contributed by atoms with Crippen LogP contribution in [0.25, 0.3) is 22.0 Å². The fourth-order valence-electron chi connectivity index (χ4n) is 5.32. The van der Waals surface area contributed by atoms with E-state index in [0.29, 0.717) is 23.9 Å². The number of likely N-dealkylation sites (tertiary alicyclic amines) is 1. The predicted octanol–water partition coefficient (Wildman–Crippen LogP) is 6.23. The molecular formula is C28H36FN3O. The Labute approximate surface area is 196 Å². The molecule has 0 bridgehead atoms. The van der Waals surface area contributed by atoms with Gasteiger partial charge in [0.1, 0.15) is 11.6 Å². The number of nitrogens with zero attached hydrogens (tertiary/aromatic N) is 3. The SMILES string of the molecule is CCC(CC)N1CCCC(Cn2c(C(C)C)nc3ccc(-c4ccc(F)cc4)cc3c2=O)C1. The second-order valence-electron chi connectivity index (χ2n) is 9.75. The fraction of sp³-hybridized carbons (Fsp3) is 0.500. The summed E-state index contributed by atoms with van der Waals surface area (Å²) in [5.74, 6) is 1.22. The van der Waals surface area contributed by atoms with Crippen molar-refractivity contribution in [1.29, 1.82) is 0 Å². The molecule has 0 N–H and O–H groups in total. The number of fused-ring (bicyclic) bond motifs is 1. The molecule has 1 fully saturated rings. The zero-order valence-corrected chi connectivity index (χ0v) is 20.4. The van der Waals surface area contributed by atoms with Gasteiger partial charge in [-0.3, -0.25) is 9.36 Å². The van der Waals surface area contributed by atoms with Crippen molar-refractivity contribution >= 4 is 10.9 Å². The van der Waals surface area contributed by atoms with Crippen LogP contribution in [0, 0.1) is 11.7 Å². The molecular weight excluding hydrogens is 413 g/mol. The van der Waals surface area contributed by atoms with Crippen molar-refractivity contribution < 1.29 is 4.39 Å². The molecule has 0 spiro atoms. The Morgan fingerprint density at radius 2 is 1.76 bits per heavy atom. The molecule has 1 saturated heterocycles. The molecule has 4 nitrogen and oxygen atoms in total. The number of hydrogen-bond donors (Lipinski definition) is 0. The van der Waals surface area contributed by atoms with Crippen LogP contribution < -0.4 is 5.56 Å². The Bertz CT molecular complexity index is 1150. The maximum atomic E-state index is 13.7. The van der Waals surface area contributed by atoms with Crippen LogP contribution in [0.5, 0.6) is 0 Å². The van der Waals surface area contributed by atoms with Crippen molar-refractivity contribution in [3.63, 3.8) is 0 Å². The van der Waals surface area contributed by atoms with Gasteiger partial charge >= 0.3 is 0 Å². The molecule has 1 atom stereocenters. The Balaban J connectivity index is 1.71. The molecule has 1 unspecified atom stereocenters. The molecule has 5 heteroatoms. The van der Waals surface area contributed by atoms with Crippen molar-refractivity contribution in [3.8, 4) is 11.1 Å². The first-order chi connectivity index (χ1) is 15.9. The van der Waals surface area contributed by atoms with Gasteiger partial charge in [0.05, 0.1) is 10.9 Å². The third-order valence-electron chi connectivity index (χ3n) is 7.13. The maximum absolute atomic E-state index is 13.7. The third-order valence-corrected chi connectivity index (χ3v) is 7.13. The van der Waals surface area contributed by atoms with Crippen LogP contribution in [0.15, 0.2) is 47.3 Å². The monoisotopic (exact) mass is 449 g/mol. The Hall–Kier alpha value is -2.53. The second kappa shape index (κ2) is 10.2. The zero-order valence-electron chi connectivity index (χ0n) is 20.4. The van der Waals surface area contributed by atoms with Crippen LogP contribution in [0.2, 0.25) is 0 Å². The number of piperidine rings is 1. The lowest BCUT2D eigenvalue weighted by atomic mass is 9.95. The van der Waals surface area contributed by atoms with E-state index in [1.54, 1.807) is 12.1 Å². The molecule has 1 aliphatic rings. The van der Waals surface area contributed by atoms with Gasteiger partial charge in [-0.2, -0.15) is 0 Å². The van der Waals surface area contributed by atoms with Gasteiger partial charge in [-0.05, 0) is 73.5 Å².